The van der Waals surface area contributed by atoms with Gasteiger partial charge in [0.05, 0.1) is 0 Å². The molecule has 0 saturated heterocycles. The fraction of sp³-hybridized carbons (Fsp3) is 0.294. The molecule has 0 heterocycles. The topological polar surface area (TPSA) is 35.2 Å². The quantitative estimate of drug-likeness (QED) is 0.856. The second kappa shape index (κ2) is 6.39. The van der Waals surface area contributed by atoms with Crippen LogP contribution in [0, 0.1) is 0 Å². The van der Waals surface area contributed by atoms with E-state index in [1.807, 2.05) is 42.5 Å². The largest absolute Gasteiger partial charge is 0.457 e. The summed E-state index contributed by atoms with van der Waals surface area (Å²) in [5.74, 6) is 1.78. The number of hydrogen-bond donors (Lipinski definition) is 1. The average molecular weight is 255 g/mol. The lowest BCUT2D eigenvalue weighted by atomic mass is 10.0. The van der Waals surface area contributed by atoms with E-state index in [-0.39, 0.29) is 6.04 Å². The molecule has 1 atom stereocenters. The Morgan fingerprint density at radius 1 is 0.947 bits per heavy atom. The van der Waals surface area contributed by atoms with Gasteiger partial charge in [0.2, 0.25) is 0 Å². The molecule has 2 nitrogen and oxygen atoms in total. The van der Waals surface area contributed by atoms with E-state index >= 15 is 0 Å². The predicted octanol–water partition coefficient (Wildman–Crippen LogP) is 4.45. The third-order valence-electron chi connectivity index (χ3n) is 3.33. The zero-order chi connectivity index (χ0) is 13.7. The molecule has 0 fully saturated rings. The van der Waals surface area contributed by atoms with Crippen LogP contribution < -0.4 is 10.5 Å². The highest BCUT2D eigenvalue weighted by Gasteiger charge is 2.11. The third kappa shape index (κ3) is 3.15. The van der Waals surface area contributed by atoms with Gasteiger partial charge in [-0.15, -0.1) is 0 Å². The Morgan fingerprint density at radius 3 is 2.26 bits per heavy atom. The molecular weight excluding hydrogens is 234 g/mol. The molecule has 0 radical (unpaired) electrons. The molecular formula is C17H21NO. The van der Waals surface area contributed by atoms with Crippen LogP contribution in [0.3, 0.4) is 0 Å². The van der Waals surface area contributed by atoms with Gasteiger partial charge in [-0.05, 0) is 30.5 Å². The Labute approximate surface area is 115 Å². The first-order valence-electron chi connectivity index (χ1n) is 6.86. The standard InChI is InChI=1S/C17H21NO/c1-3-13-9-5-7-11-16(13)19-17-12-8-6-10-14(17)15(18)4-2/h5-12,15H,3-4,18H2,1-2H3. The van der Waals surface area contributed by atoms with Crippen LogP contribution in [-0.2, 0) is 6.42 Å². The zero-order valence-corrected chi connectivity index (χ0v) is 11.6. The van der Waals surface area contributed by atoms with Gasteiger partial charge in [0, 0.05) is 11.6 Å². The second-order valence-corrected chi connectivity index (χ2v) is 4.62. The summed E-state index contributed by atoms with van der Waals surface area (Å²) >= 11 is 0. The predicted molar refractivity (Wildman–Crippen MR) is 79.6 cm³/mol. The van der Waals surface area contributed by atoms with Crippen molar-refractivity contribution < 1.29 is 4.74 Å². The molecule has 0 aromatic heterocycles. The van der Waals surface area contributed by atoms with Crippen molar-refractivity contribution in [2.24, 2.45) is 5.73 Å². The summed E-state index contributed by atoms with van der Waals surface area (Å²) in [5, 5.41) is 0. The lowest BCUT2D eigenvalue weighted by Crippen LogP contribution is -2.09. The van der Waals surface area contributed by atoms with Crippen LogP contribution in [0.2, 0.25) is 0 Å². The van der Waals surface area contributed by atoms with Gasteiger partial charge in [-0.3, -0.25) is 0 Å². The molecule has 1 unspecified atom stereocenters. The molecule has 0 bridgehead atoms. The molecule has 0 aliphatic heterocycles. The Bertz CT molecular complexity index is 536. The van der Waals surface area contributed by atoms with E-state index in [1.165, 1.54) is 5.56 Å². The van der Waals surface area contributed by atoms with E-state index in [2.05, 4.69) is 19.9 Å². The van der Waals surface area contributed by atoms with E-state index in [4.69, 9.17) is 10.5 Å². The minimum atomic E-state index is 0.0185. The van der Waals surface area contributed by atoms with Crippen LogP contribution in [0.15, 0.2) is 48.5 Å². The number of para-hydroxylation sites is 2. The highest BCUT2D eigenvalue weighted by Crippen LogP contribution is 2.31. The minimum absolute atomic E-state index is 0.0185. The maximum atomic E-state index is 6.14. The van der Waals surface area contributed by atoms with E-state index in [0.717, 1.165) is 29.9 Å². The fourth-order valence-electron chi connectivity index (χ4n) is 2.11. The van der Waals surface area contributed by atoms with Gasteiger partial charge in [0.1, 0.15) is 11.5 Å². The molecule has 19 heavy (non-hydrogen) atoms. The summed E-state index contributed by atoms with van der Waals surface area (Å²) in [6, 6.07) is 16.2. The van der Waals surface area contributed by atoms with Gasteiger partial charge in [0.25, 0.3) is 0 Å². The van der Waals surface area contributed by atoms with E-state index in [0.29, 0.717) is 0 Å². The molecule has 2 aromatic carbocycles. The van der Waals surface area contributed by atoms with E-state index in [9.17, 15) is 0 Å². The van der Waals surface area contributed by atoms with Crippen LogP contribution in [0.1, 0.15) is 37.4 Å². The first kappa shape index (κ1) is 13.6. The molecule has 0 aliphatic rings. The summed E-state index contributed by atoms with van der Waals surface area (Å²) < 4.78 is 6.07. The molecule has 0 aliphatic carbocycles. The number of benzene rings is 2. The van der Waals surface area contributed by atoms with Crippen molar-refractivity contribution in [3.63, 3.8) is 0 Å². The summed E-state index contributed by atoms with van der Waals surface area (Å²) in [6.07, 6.45) is 1.86. The Kier molecular flexibility index (Phi) is 4.58. The monoisotopic (exact) mass is 255 g/mol. The molecule has 0 amide bonds. The van der Waals surface area contributed by atoms with Gasteiger partial charge in [-0.1, -0.05) is 50.2 Å². The van der Waals surface area contributed by atoms with Crippen LogP contribution >= 0.6 is 0 Å². The molecule has 2 rings (SSSR count). The van der Waals surface area contributed by atoms with Crippen molar-refractivity contribution in [3.8, 4) is 11.5 Å². The van der Waals surface area contributed by atoms with Crippen molar-refractivity contribution in [1.29, 1.82) is 0 Å². The molecule has 2 aromatic rings. The average Bonchev–Trinajstić information content (AvgIpc) is 2.47. The normalized spacial score (nSPS) is 12.2. The van der Waals surface area contributed by atoms with E-state index < -0.39 is 0 Å². The maximum absolute atomic E-state index is 6.14. The van der Waals surface area contributed by atoms with Crippen LogP contribution in [0.5, 0.6) is 11.5 Å². The number of rotatable bonds is 5. The van der Waals surface area contributed by atoms with Gasteiger partial charge in [-0.2, -0.15) is 0 Å². The van der Waals surface area contributed by atoms with Crippen LogP contribution in [-0.4, -0.2) is 0 Å². The molecule has 0 saturated carbocycles. The SMILES string of the molecule is CCc1ccccc1Oc1ccccc1C(N)CC. The Morgan fingerprint density at radius 2 is 1.58 bits per heavy atom. The first-order chi connectivity index (χ1) is 9.26. The summed E-state index contributed by atoms with van der Waals surface area (Å²) in [5.41, 5.74) is 8.42. The minimum Gasteiger partial charge on any atom is -0.457 e. The van der Waals surface area contributed by atoms with Crippen molar-refractivity contribution in [2.45, 2.75) is 32.7 Å². The number of hydrogen-bond acceptors (Lipinski definition) is 2. The van der Waals surface area contributed by atoms with Gasteiger partial charge in [0.15, 0.2) is 0 Å². The number of nitrogens with two attached hydrogens (primary N) is 1. The van der Waals surface area contributed by atoms with Gasteiger partial charge < -0.3 is 10.5 Å². The van der Waals surface area contributed by atoms with Gasteiger partial charge >= 0.3 is 0 Å². The van der Waals surface area contributed by atoms with Crippen LogP contribution in [0.4, 0.5) is 0 Å². The van der Waals surface area contributed by atoms with Crippen molar-refractivity contribution in [3.05, 3.63) is 59.7 Å². The second-order valence-electron chi connectivity index (χ2n) is 4.62. The lowest BCUT2D eigenvalue weighted by molar-refractivity contribution is 0.463. The smallest absolute Gasteiger partial charge is 0.132 e. The number of aryl methyl sites for hydroxylation is 1. The molecule has 0 spiro atoms. The van der Waals surface area contributed by atoms with Gasteiger partial charge in [-0.25, -0.2) is 0 Å². The van der Waals surface area contributed by atoms with Crippen molar-refractivity contribution in [1.82, 2.24) is 0 Å². The maximum Gasteiger partial charge on any atom is 0.132 e. The van der Waals surface area contributed by atoms with Crippen LogP contribution in [0.25, 0.3) is 0 Å². The Balaban J connectivity index is 2.33. The molecule has 100 valence electrons. The lowest BCUT2D eigenvalue weighted by Gasteiger charge is -2.16. The van der Waals surface area contributed by atoms with Crippen molar-refractivity contribution >= 4 is 0 Å². The number of ether oxygens (including phenoxy) is 1. The fourth-order valence-corrected chi connectivity index (χ4v) is 2.11. The zero-order valence-electron chi connectivity index (χ0n) is 11.6. The highest BCUT2D eigenvalue weighted by molar-refractivity contribution is 5.42. The molecule has 2 heteroatoms. The first-order valence-corrected chi connectivity index (χ1v) is 6.86. The summed E-state index contributed by atoms with van der Waals surface area (Å²) in [7, 11) is 0. The van der Waals surface area contributed by atoms with Crippen molar-refractivity contribution in [2.75, 3.05) is 0 Å². The Hall–Kier alpha value is -1.80. The third-order valence-corrected chi connectivity index (χ3v) is 3.33. The summed E-state index contributed by atoms with van der Waals surface area (Å²) in [4.78, 5) is 0. The van der Waals surface area contributed by atoms with E-state index in [1.54, 1.807) is 0 Å². The molecule has 2 N–H and O–H groups in total. The highest BCUT2D eigenvalue weighted by atomic mass is 16.5. The summed E-state index contributed by atoms with van der Waals surface area (Å²) in [6.45, 7) is 4.22.